The molecule has 0 unspecified atom stereocenters. The molecule has 3 aromatic rings. The van der Waals surface area contributed by atoms with E-state index in [1.807, 2.05) is 19.1 Å². The Morgan fingerprint density at radius 3 is 2.11 bits per heavy atom. The largest absolute Gasteiger partial charge is 0.463 e. The van der Waals surface area contributed by atoms with Gasteiger partial charge in [-0.15, -0.1) is 11.3 Å². The summed E-state index contributed by atoms with van der Waals surface area (Å²) < 4.78 is 41.0. The zero-order valence-electron chi connectivity index (χ0n) is 24.8. The van der Waals surface area contributed by atoms with E-state index in [0.29, 0.717) is 6.42 Å². The average Bonchev–Trinajstić information content (AvgIpc) is 3.40. The third-order valence-corrected chi connectivity index (χ3v) is 8.11. The van der Waals surface area contributed by atoms with Gasteiger partial charge in [-0.1, -0.05) is 24.3 Å². The Balaban J connectivity index is 1.75. The van der Waals surface area contributed by atoms with Crippen molar-refractivity contribution in [2.24, 2.45) is 0 Å². The van der Waals surface area contributed by atoms with Crippen LogP contribution in [0.3, 0.4) is 0 Å². The molecule has 10 nitrogen and oxygen atoms in total. The van der Waals surface area contributed by atoms with Crippen molar-refractivity contribution in [3.8, 4) is 10.4 Å². The predicted molar refractivity (Wildman–Crippen MR) is 156 cm³/mol. The lowest BCUT2D eigenvalue weighted by Crippen LogP contribution is -2.66. The Morgan fingerprint density at radius 1 is 0.864 bits per heavy atom. The third-order valence-electron chi connectivity index (χ3n) is 6.97. The fraction of sp³-hybridized carbons (Fsp3) is 0.375. The fourth-order valence-electron chi connectivity index (χ4n) is 5.03. The number of ether oxygens (including phenoxy) is 5. The van der Waals surface area contributed by atoms with Gasteiger partial charge < -0.3 is 28.8 Å². The van der Waals surface area contributed by atoms with Crippen LogP contribution >= 0.6 is 11.3 Å². The van der Waals surface area contributed by atoms with Crippen LogP contribution < -0.4 is 0 Å². The minimum atomic E-state index is -2.43. The molecule has 0 bridgehead atoms. The second-order valence-electron chi connectivity index (χ2n) is 10.4. The molecule has 12 heteroatoms. The molecular formula is C32H33FO10S. The molecule has 4 rings (SSSR count). The summed E-state index contributed by atoms with van der Waals surface area (Å²) in [6.07, 6.45) is -5.46. The van der Waals surface area contributed by atoms with E-state index in [9.17, 15) is 28.7 Å². The summed E-state index contributed by atoms with van der Waals surface area (Å²) in [4.78, 5) is 50.1. The molecule has 0 amide bonds. The van der Waals surface area contributed by atoms with Crippen molar-refractivity contribution >= 4 is 35.2 Å². The van der Waals surface area contributed by atoms with E-state index in [0.717, 1.165) is 47.2 Å². The van der Waals surface area contributed by atoms with Gasteiger partial charge >= 0.3 is 23.9 Å². The molecule has 0 aliphatic carbocycles. The van der Waals surface area contributed by atoms with Crippen molar-refractivity contribution in [3.63, 3.8) is 0 Å². The molecule has 1 N–H and O–H groups in total. The molecule has 0 radical (unpaired) electrons. The van der Waals surface area contributed by atoms with Gasteiger partial charge in [-0.05, 0) is 53.9 Å². The standard InChI is InChI=1S/C32H33FO10S/c1-17-6-9-24(14-23(17)15-26-12-13-28(44-26)22-7-10-25(33)11-8-22)32(38)31(42-21(5)37)30(41-20(4)36)29(40-19(3)35)27(43-32)16-39-18(2)34/h6-14,27,29-31,38H,15-16H2,1-5H3/t27-,29-,30+,31-,32+/m1/s1. The van der Waals surface area contributed by atoms with Crippen LogP contribution in [0.2, 0.25) is 0 Å². The molecule has 1 aromatic heterocycles. The molecule has 5 atom stereocenters. The molecule has 0 saturated carbocycles. The van der Waals surface area contributed by atoms with Crippen LogP contribution in [0.1, 0.15) is 49.3 Å². The maximum atomic E-state index is 13.4. The smallest absolute Gasteiger partial charge is 0.303 e. The van der Waals surface area contributed by atoms with Crippen LogP contribution in [0, 0.1) is 12.7 Å². The van der Waals surface area contributed by atoms with Crippen LogP contribution in [0.25, 0.3) is 10.4 Å². The third kappa shape index (κ3) is 7.68. The summed E-state index contributed by atoms with van der Waals surface area (Å²) >= 11 is 1.53. The van der Waals surface area contributed by atoms with Crippen LogP contribution in [0.15, 0.2) is 54.6 Å². The van der Waals surface area contributed by atoms with Gasteiger partial charge in [-0.2, -0.15) is 0 Å². The van der Waals surface area contributed by atoms with Crippen LogP contribution in [0.5, 0.6) is 0 Å². The minimum Gasteiger partial charge on any atom is -0.463 e. The Hall–Kier alpha value is -4.13. The van der Waals surface area contributed by atoms with Gasteiger partial charge in [0, 0.05) is 49.4 Å². The predicted octanol–water partition coefficient (Wildman–Crippen LogP) is 4.36. The summed E-state index contributed by atoms with van der Waals surface area (Å²) in [6.45, 7) is 5.92. The maximum absolute atomic E-state index is 13.4. The van der Waals surface area contributed by atoms with Gasteiger partial charge in [0.2, 0.25) is 11.9 Å². The number of rotatable bonds is 9. The van der Waals surface area contributed by atoms with E-state index < -0.39 is 60.7 Å². The molecule has 44 heavy (non-hydrogen) atoms. The highest BCUT2D eigenvalue weighted by atomic mass is 32.1. The van der Waals surface area contributed by atoms with Crippen molar-refractivity contribution in [2.45, 2.75) is 71.2 Å². The molecule has 1 fully saturated rings. The van der Waals surface area contributed by atoms with E-state index in [1.165, 1.54) is 30.4 Å². The summed E-state index contributed by atoms with van der Waals surface area (Å²) in [5.41, 5.74) is 2.72. The topological polar surface area (TPSA) is 135 Å². The van der Waals surface area contributed by atoms with E-state index in [4.69, 9.17) is 23.7 Å². The number of esters is 4. The zero-order valence-corrected chi connectivity index (χ0v) is 25.6. The molecule has 2 aromatic carbocycles. The summed E-state index contributed by atoms with van der Waals surface area (Å²) in [5, 5.41) is 12.2. The highest BCUT2D eigenvalue weighted by Crippen LogP contribution is 2.42. The van der Waals surface area contributed by atoms with Crippen molar-refractivity contribution < 1.29 is 52.4 Å². The normalized spacial score (nSPS) is 23.0. The lowest BCUT2D eigenvalue weighted by Gasteiger charge is -2.48. The quantitative estimate of drug-likeness (QED) is 0.269. The first kappa shape index (κ1) is 32.8. The van der Waals surface area contributed by atoms with E-state index >= 15 is 0 Å². The zero-order chi connectivity index (χ0) is 32.2. The highest BCUT2D eigenvalue weighted by Gasteiger charge is 2.60. The summed E-state index contributed by atoms with van der Waals surface area (Å²) in [6, 6.07) is 15.1. The molecule has 0 spiro atoms. The van der Waals surface area contributed by atoms with Crippen molar-refractivity contribution in [2.75, 3.05) is 6.61 Å². The van der Waals surface area contributed by atoms with Crippen molar-refractivity contribution in [1.82, 2.24) is 0 Å². The van der Waals surface area contributed by atoms with Gasteiger partial charge in [0.15, 0.2) is 12.2 Å². The van der Waals surface area contributed by atoms with Crippen LogP contribution in [0.4, 0.5) is 4.39 Å². The fourth-order valence-corrected chi connectivity index (χ4v) is 6.06. The number of aliphatic hydroxyl groups is 1. The van der Waals surface area contributed by atoms with Crippen molar-refractivity contribution in [1.29, 1.82) is 0 Å². The minimum absolute atomic E-state index is 0.158. The molecular weight excluding hydrogens is 595 g/mol. The lowest BCUT2D eigenvalue weighted by molar-refractivity contribution is -0.360. The summed E-state index contributed by atoms with van der Waals surface area (Å²) in [7, 11) is 0. The SMILES string of the molecule is CC(=O)OC[C@H]1O[C@@](O)(c2ccc(C)c(Cc3ccc(-c4ccc(F)cc4)s3)c2)[C@H](OC(C)=O)[C@@H](OC(C)=O)[C@@H]1OC(C)=O. The van der Waals surface area contributed by atoms with Gasteiger partial charge in [0.25, 0.3) is 0 Å². The van der Waals surface area contributed by atoms with Gasteiger partial charge in [-0.3, -0.25) is 19.2 Å². The van der Waals surface area contributed by atoms with Crippen LogP contribution in [-0.4, -0.2) is 60.0 Å². The molecule has 1 saturated heterocycles. The Labute approximate surface area is 257 Å². The Bertz CT molecular complexity index is 1530. The number of hydrogen-bond acceptors (Lipinski definition) is 11. The van der Waals surface area contributed by atoms with E-state index in [-0.39, 0.29) is 11.4 Å². The highest BCUT2D eigenvalue weighted by molar-refractivity contribution is 7.15. The average molecular weight is 629 g/mol. The Morgan fingerprint density at radius 2 is 1.50 bits per heavy atom. The molecule has 234 valence electrons. The van der Waals surface area contributed by atoms with E-state index in [2.05, 4.69) is 0 Å². The first-order chi connectivity index (χ1) is 20.8. The maximum Gasteiger partial charge on any atom is 0.303 e. The van der Waals surface area contributed by atoms with Gasteiger partial charge in [-0.25, -0.2) is 4.39 Å². The number of carbonyl (C=O) groups is 4. The molecule has 2 heterocycles. The first-order valence-corrected chi connectivity index (χ1v) is 14.6. The number of benzene rings is 2. The lowest BCUT2D eigenvalue weighted by atomic mass is 9.86. The molecule has 1 aliphatic rings. The second-order valence-corrected chi connectivity index (χ2v) is 11.6. The van der Waals surface area contributed by atoms with Crippen LogP contribution in [-0.2, 0) is 55.1 Å². The van der Waals surface area contributed by atoms with Crippen molar-refractivity contribution in [3.05, 3.63) is 82.0 Å². The number of thiophene rings is 1. The number of aryl methyl sites for hydroxylation is 1. The number of carbonyl (C=O) groups excluding carboxylic acids is 4. The first-order valence-electron chi connectivity index (χ1n) is 13.8. The molecule has 1 aliphatic heterocycles. The monoisotopic (exact) mass is 628 g/mol. The summed E-state index contributed by atoms with van der Waals surface area (Å²) in [5.74, 6) is -5.82. The van der Waals surface area contributed by atoms with E-state index in [1.54, 1.807) is 30.3 Å². The number of hydrogen-bond donors (Lipinski definition) is 1. The number of halogens is 1. The van der Waals surface area contributed by atoms with Gasteiger partial charge in [0.05, 0.1) is 0 Å². The Kier molecular flexibility index (Phi) is 10.2. The second kappa shape index (κ2) is 13.7. The van der Waals surface area contributed by atoms with Gasteiger partial charge in [0.1, 0.15) is 18.5 Å².